The Bertz CT molecular complexity index is 1040. The minimum Gasteiger partial charge on any atom is -0.488 e. The van der Waals surface area contributed by atoms with Gasteiger partial charge in [-0.05, 0) is 55.3 Å². The van der Waals surface area contributed by atoms with E-state index >= 15 is 0 Å². The summed E-state index contributed by atoms with van der Waals surface area (Å²) in [5.41, 5.74) is 6.43. The first-order valence-electron chi connectivity index (χ1n) is 9.64. The summed E-state index contributed by atoms with van der Waals surface area (Å²) < 4.78 is 6.95. The van der Waals surface area contributed by atoms with Crippen LogP contribution >= 0.6 is 15.9 Å². The van der Waals surface area contributed by atoms with Crippen LogP contribution in [0, 0.1) is 6.92 Å². The lowest BCUT2D eigenvalue weighted by Crippen LogP contribution is -2.35. The summed E-state index contributed by atoms with van der Waals surface area (Å²) in [7, 11) is 0. The van der Waals surface area contributed by atoms with E-state index in [0.717, 1.165) is 26.9 Å². The van der Waals surface area contributed by atoms with E-state index < -0.39 is 6.04 Å². The van der Waals surface area contributed by atoms with Crippen LogP contribution in [-0.2, 0) is 11.4 Å². The molecule has 3 aromatic carbocycles. The summed E-state index contributed by atoms with van der Waals surface area (Å²) in [6, 6.07) is 22.9. The topological polar surface area (TPSA) is 62.7 Å². The van der Waals surface area contributed by atoms with Crippen molar-refractivity contribution in [2.75, 3.05) is 5.32 Å². The first-order chi connectivity index (χ1) is 14.5. The molecule has 2 N–H and O–H groups in total. The van der Waals surface area contributed by atoms with Crippen LogP contribution in [-0.4, -0.2) is 18.2 Å². The van der Waals surface area contributed by atoms with Crippen LogP contribution < -0.4 is 15.5 Å². The lowest BCUT2D eigenvalue weighted by atomic mass is 10.2. The fourth-order valence-electron chi connectivity index (χ4n) is 2.80. The first-order valence-corrected chi connectivity index (χ1v) is 10.4. The second-order valence-electron chi connectivity index (χ2n) is 6.87. The highest BCUT2D eigenvalue weighted by Gasteiger charge is 2.12. The monoisotopic (exact) mass is 465 g/mol. The fourth-order valence-corrected chi connectivity index (χ4v) is 3.25. The molecule has 0 heterocycles. The highest BCUT2D eigenvalue weighted by atomic mass is 79.9. The average molecular weight is 466 g/mol. The average Bonchev–Trinajstić information content (AvgIpc) is 2.74. The number of aryl methyl sites for hydroxylation is 1. The van der Waals surface area contributed by atoms with E-state index in [4.69, 9.17) is 4.74 Å². The molecule has 0 bridgehead atoms. The number of ether oxygens (including phenoxy) is 1. The molecule has 0 aliphatic rings. The Hall–Kier alpha value is -3.12. The molecule has 0 saturated carbocycles. The summed E-state index contributed by atoms with van der Waals surface area (Å²) in [6.07, 6.45) is 1.59. The lowest BCUT2D eigenvalue weighted by molar-refractivity contribution is -0.121. The van der Waals surface area contributed by atoms with Gasteiger partial charge in [-0.25, -0.2) is 5.43 Å². The van der Waals surface area contributed by atoms with Crippen LogP contribution in [0.5, 0.6) is 5.75 Å². The van der Waals surface area contributed by atoms with Gasteiger partial charge in [0.1, 0.15) is 18.4 Å². The summed E-state index contributed by atoms with van der Waals surface area (Å²) in [5, 5.41) is 7.30. The quantitative estimate of drug-likeness (QED) is 0.351. The van der Waals surface area contributed by atoms with Crippen molar-refractivity contribution in [2.24, 2.45) is 5.10 Å². The number of nitrogens with one attached hydrogen (secondary N) is 2. The van der Waals surface area contributed by atoms with Crippen molar-refractivity contribution < 1.29 is 9.53 Å². The minimum absolute atomic E-state index is 0.220. The molecule has 0 unspecified atom stereocenters. The van der Waals surface area contributed by atoms with Gasteiger partial charge in [0.15, 0.2) is 0 Å². The molecule has 0 spiro atoms. The van der Waals surface area contributed by atoms with E-state index in [1.165, 1.54) is 0 Å². The molecule has 3 rings (SSSR count). The molecule has 0 aromatic heterocycles. The number of halogens is 1. The maximum absolute atomic E-state index is 12.4. The van der Waals surface area contributed by atoms with Gasteiger partial charge in [-0.3, -0.25) is 4.79 Å². The molecule has 0 aliphatic heterocycles. The molecule has 0 aliphatic carbocycles. The highest BCUT2D eigenvalue weighted by molar-refractivity contribution is 9.10. The molecule has 0 radical (unpaired) electrons. The Labute approximate surface area is 185 Å². The molecule has 30 heavy (non-hydrogen) atoms. The van der Waals surface area contributed by atoms with Gasteiger partial charge in [-0.1, -0.05) is 58.4 Å². The number of nitrogens with zero attached hydrogens (tertiary/aromatic N) is 1. The third-order valence-electron chi connectivity index (χ3n) is 4.49. The molecular weight excluding hydrogens is 442 g/mol. The van der Waals surface area contributed by atoms with E-state index in [1.54, 1.807) is 13.1 Å². The maximum Gasteiger partial charge on any atom is 0.262 e. The third kappa shape index (κ3) is 6.19. The zero-order chi connectivity index (χ0) is 21.3. The molecule has 5 nitrogen and oxygen atoms in total. The van der Waals surface area contributed by atoms with E-state index in [1.807, 2.05) is 79.7 Å². The minimum atomic E-state index is -0.425. The Kier molecular flexibility index (Phi) is 7.63. The largest absolute Gasteiger partial charge is 0.488 e. The smallest absolute Gasteiger partial charge is 0.262 e. The van der Waals surface area contributed by atoms with Gasteiger partial charge in [0.25, 0.3) is 5.91 Å². The summed E-state index contributed by atoms with van der Waals surface area (Å²) >= 11 is 3.46. The van der Waals surface area contributed by atoms with Crippen LogP contribution in [0.4, 0.5) is 5.69 Å². The molecule has 154 valence electrons. The summed E-state index contributed by atoms with van der Waals surface area (Å²) in [5.74, 6) is 0.476. The van der Waals surface area contributed by atoms with Crippen LogP contribution in [0.15, 0.2) is 82.4 Å². The molecule has 1 amide bonds. The number of anilines is 1. The van der Waals surface area contributed by atoms with Crippen molar-refractivity contribution in [2.45, 2.75) is 26.5 Å². The molecule has 0 fully saturated rings. The van der Waals surface area contributed by atoms with Crippen molar-refractivity contribution in [3.8, 4) is 5.75 Å². The second kappa shape index (κ2) is 10.6. The van der Waals surface area contributed by atoms with Crippen molar-refractivity contribution >= 4 is 33.7 Å². The Balaban J connectivity index is 1.58. The standard InChI is InChI=1S/C24H24BrN3O2/c1-17-8-3-5-12-22(17)27-18(2)24(29)28-26-15-20-10-4-6-13-23(20)30-16-19-9-7-11-21(25)14-19/h3-15,18,27H,16H2,1-2H3,(H,28,29)/b26-15+/t18-/m0/s1. The third-order valence-corrected chi connectivity index (χ3v) is 4.98. The van der Waals surface area contributed by atoms with Gasteiger partial charge in [0.2, 0.25) is 0 Å². The van der Waals surface area contributed by atoms with Crippen molar-refractivity contribution in [3.63, 3.8) is 0 Å². The van der Waals surface area contributed by atoms with E-state index in [2.05, 4.69) is 31.8 Å². The molecule has 3 aromatic rings. The predicted octanol–water partition coefficient (Wildman–Crippen LogP) is 5.29. The second-order valence-corrected chi connectivity index (χ2v) is 7.79. The highest BCUT2D eigenvalue weighted by Crippen LogP contribution is 2.19. The first kappa shape index (κ1) is 21.6. The SMILES string of the molecule is Cc1ccccc1N[C@@H](C)C(=O)N/N=C/c1ccccc1OCc1cccc(Br)c1. The van der Waals surface area contributed by atoms with E-state index in [-0.39, 0.29) is 5.91 Å². The zero-order valence-electron chi connectivity index (χ0n) is 16.9. The molecular formula is C24H24BrN3O2. The number of amides is 1. The number of carbonyl (C=O) groups is 1. The Morgan fingerprint density at radius 1 is 1.10 bits per heavy atom. The maximum atomic E-state index is 12.4. The number of hydrazone groups is 1. The number of rotatable bonds is 8. The summed E-state index contributed by atoms with van der Waals surface area (Å²) in [6.45, 7) is 4.23. The fraction of sp³-hybridized carbons (Fsp3) is 0.167. The molecule has 0 saturated heterocycles. The van der Waals surface area contributed by atoms with Gasteiger partial charge >= 0.3 is 0 Å². The van der Waals surface area contributed by atoms with Gasteiger partial charge in [-0.15, -0.1) is 0 Å². The number of hydrogen-bond acceptors (Lipinski definition) is 4. The van der Waals surface area contributed by atoms with Gasteiger partial charge in [-0.2, -0.15) is 5.10 Å². The lowest BCUT2D eigenvalue weighted by Gasteiger charge is -2.15. The van der Waals surface area contributed by atoms with Crippen molar-refractivity contribution in [1.82, 2.24) is 5.43 Å². The van der Waals surface area contributed by atoms with E-state index in [9.17, 15) is 4.79 Å². The van der Waals surface area contributed by atoms with Crippen LogP contribution in [0.2, 0.25) is 0 Å². The van der Waals surface area contributed by atoms with Gasteiger partial charge in [0.05, 0.1) is 6.21 Å². The van der Waals surface area contributed by atoms with Crippen molar-refractivity contribution in [1.29, 1.82) is 0 Å². The zero-order valence-corrected chi connectivity index (χ0v) is 18.5. The summed E-state index contributed by atoms with van der Waals surface area (Å²) in [4.78, 5) is 12.4. The predicted molar refractivity (Wildman–Crippen MR) is 125 cm³/mol. The number of carbonyl (C=O) groups excluding carboxylic acids is 1. The number of para-hydroxylation sites is 2. The van der Waals surface area contributed by atoms with Crippen LogP contribution in [0.25, 0.3) is 0 Å². The normalized spacial score (nSPS) is 11.8. The van der Waals surface area contributed by atoms with Gasteiger partial charge in [0, 0.05) is 15.7 Å². The Morgan fingerprint density at radius 2 is 1.87 bits per heavy atom. The Morgan fingerprint density at radius 3 is 2.67 bits per heavy atom. The van der Waals surface area contributed by atoms with E-state index in [0.29, 0.717) is 12.4 Å². The number of benzene rings is 3. The van der Waals surface area contributed by atoms with Crippen molar-refractivity contribution in [3.05, 3.63) is 94.0 Å². The van der Waals surface area contributed by atoms with Crippen LogP contribution in [0.3, 0.4) is 0 Å². The van der Waals surface area contributed by atoms with Crippen LogP contribution in [0.1, 0.15) is 23.6 Å². The van der Waals surface area contributed by atoms with Gasteiger partial charge < -0.3 is 10.1 Å². The molecule has 6 heteroatoms. The number of hydrogen-bond donors (Lipinski definition) is 2. The molecule has 1 atom stereocenters.